The number of hydrogen-bond donors (Lipinski definition) is 0. The van der Waals surface area contributed by atoms with Crippen LogP contribution in [0, 0.1) is 6.92 Å². The quantitative estimate of drug-likeness (QED) is 0.565. The van der Waals surface area contributed by atoms with Gasteiger partial charge in [-0.05, 0) is 13.0 Å². The normalized spacial score (nSPS) is 9.61. The van der Waals surface area contributed by atoms with Gasteiger partial charge in [0.2, 0.25) is 0 Å². The van der Waals surface area contributed by atoms with Crippen molar-refractivity contribution in [1.82, 2.24) is 9.97 Å². The Hall–Kier alpha value is -1.53. The molecule has 1 aromatic rings. The maximum atomic E-state index is 9.83. The van der Waals surface area contributed by atoms with Gasteiger partial charge in [-0.15, -0.1) is 0 Å². The predicted octanol–water partition coefficient (Wildman–Crippen LogP) is 1.38. The lowest BCUT2D eigenvalue weighted by molar-refractivity contribution is -0.118. The molecule has 0 aliphatic heterocycles. The first-order valence-electron chi connectivity index (χ1n) is 5.50. The molecule has 1 heterocycles. The van der Waals surface area contributed by atoms with E-state index in [1.165, 1.54) is 0 Å². The van der Waals surface area contributed by atoms with Crippen molar-refractivity contribution in [3.05, 3.63) is 18.0 Å². The summed E-state index contributed by atoms with van der Waals surface area (Å²) >= 11 is 0. The monoisotopic (exact) mass is 256 g/mol. The topological polar surface area (TPSA) is 70.5 Å². The first-order valence-corrected chi connectivity index (χ1v) is 5.50. The molecule has 0 aliphatic carbocycles. The Morgan fingerprint density at radius 2 is 2.00 bits per heavy atom. The lowest BCUT2D eigenvalue weighted by atomic mass is 10.3. The lowest BCUT2D eigenvalue weighted by Crippen LogP contribution is -2.12. The van der Waals surface area contributed by atoms with Crippen LogP contribution in [0.3, 0.4) is 0 Å². The first kappa shape index (κ1) is 16.5. The summed E-state index contributed by atoms with van der Waals surface area (Å²) < 4.78 is 14.4. The fourth-order valence-corrected chi connectivity index (χ4v) is 1.06. The van der Waals surface area contributed by atoms with E-state index in [1.54, 1.807) is 27.5 Å². The number of carbonyl (C=O) groups excluding carboxylic acids is 1. The van der Waals surface area contributed by atoms with Crippen molar-refractivity contribution < 1.29 is 19.0 Å². The molecule has 0 amide bonds. The highest BCUT2D eigenvalue weighted by atomic mass is 16.7. The van der Waals surface area contributed by atoms with Crippen LogP contribution in [-0.2, 0) is 14.3 Å². The minimum absolute atomic E-state index is 0.227. The second kappa shape index (κ2) is 10.6. The number of aromatic nitrogens is 2. The minimum Gasteiger partial charge on any atom is -0.467 e. The van der Waals surface area contributed by atoms with E-state index in [0.717, 1.165) is 12.0 Å². The third-order valence-electron chi connectivity index (χ3n) is 2.00. The van der Waals surface area contributed by atoms with Gasteiger partial charge in [0.25, 0.3) is 0 Å². The highest BCUT2D eigenvalue weighted by Crippen LogP contribution is 1.99. The number of aryl methyl sites for hydroxylation is 1. The van der Waals surface area contributed by atoms with E-state index in [9.17, 15) is 4.79 Å². The maximum Gasteiger partial charge on any atom is 0.316 e. The molecule has 0 bridgehead atoms. The Balaban J connectivity index is 0.000000321. The zero-order chi connectivity index (χ0) is 13.8. The molecular formula is C12H20N2O4. The number of carbonyl (C=O) groups is 1. The molecular weight excluding hydrogens is 236 g/mol. The van der Waals surface area contributed by atoms with Crippen molar-refractivity contribution in [3.8, 4) is 6.01 Å². The van der Waals surface area contributed by atoms with Crippen molar-refractivity contribution in [1.29, 1.82) is 0 Å². The predicted molar refractivity (Wildman–Crippen MR) is 66.4 cm³/mol. The Bertz CT molecular complexity index is 330. The number of methoxy groups -OCH3 is 3. The minimum atomic E-state index is -0.227. The van der Waals surface area contributed by atoms with E-state index in [1.807, 2.05) is 13.0 Å². The SMILES string of the molecule is COC(CCC=O)OC.COc1nccc(C)n1. The zero-order valence-corrected chi connectivity index (χ0v) is 11.3. The molecule has 1 rings (SSSR count). The third-order valence-corrected chi connectivity index (χ3v) is 2.00. The van der Waals surface area contributed by atoms with Crippen LogP contribution >= 0.6 is 0 Å². The van der Waals surface area contributed by atoms with Crippen LogP contribution in [0.25, 0.3) is 0 Å². The molecule has 0 saturated heterocycles. The summed E-state index contributed by atoms with van der Waals surface area (Å²) in [6, 6.07) is 2.25. The van der Waals surface area contributed by atoms with Gasteiger partial charge >= 0.3 is 6.01 Å². The van der Waals surface area contributed by atoms with E-state index in [0.29, 0.717) is 18.9 Å². The number of ether oxygens (including phenoxy) is 3. The van der Waals surface area contributed by atoms with Crippen LogP contribution in [0.4, 0.5) is 0 Å². The maximum absolute atomic E-state index is 9.83. The molecule has 0 spiro atoms. The fourth-order valence-electron chi connectivity index (χ4n) is 1.06. The number of rotatable bonds is 6. The van der Waals surface area contributed by atoms with E-state index in [-0.39, 0.29) is 6.29 Å². The van der Waals surface area contributed by atoms with Gasteiger partial charge in [0.05, 0.1) is 7.11 Å². The molecule has 0 radical (unpaired) electrons. The van der Waals surface area contributed by atoms with Crippen LogP contribution < -0.4 is 4.74 Å². The van der Waals surface area contributed by atoms with Gasteiger partial charge in [-0.25, -0.2) is 9.97 Å². The van der Waals surface area contributed by atoms with Crippen molar-refractivity contribution in [2.24, 2.45) is 0 Å². The molecule has 6 nitrogen and oxygen atoms in total. The third kappa shape index (κ3) is 7.70. The van der Waals surface area contributed by atoms with Crippen molar-refractivity contribution >= 4 is 6.29 Å². The van der Waals surface area contributed by atoms with Crippen LogP contribution in [0.5, 0.6) is 6.01 Å². The Morgan fingerprint density at radius 1 is 1.33 bits per heavy atom. The van der Waals surface area contributed by atoms with Crippen LogP contribution in [0.15, 0.2) is 12.3 Å². The van der Waals surface area contributed by atoms with Gasteiger partial charge in [-0.2, -0.15) is 0 Å². The van der Waals surface area contributed by atoms with E-state index < -0.39 is 0 Å². The number of hydrogen-bond acceptors (Lipinski definition) is 6. The van der Waals surface area contributed by atoms with E-state index >= 15 is 0 Å². The molecule has 0 aliphatic rings. The van der Waals surface area contributed by atoms with E-state index in [2.05, 4.69) is 9.97 Å². The molecule has 102 valence electrons. The summed E-state index contributed by atoms with van der Waals surface area (Å²) in [5, 5.41) is 0. The lowest BCUT2D eigenvalue weighted by Gasteiger charge is -2.09. The summed E-state index contributed by atoms with van der Waals surface area (Å²) in [7, 11) is 4.66. The zero-order valence-electron chi connectivity index (χ0n) is 11.3. The van der Waals surface area contributed by atoms with Gasteiger partial charge in [0.15, 0.2) is 6.29 Å². The molecule has 0 N–H and O–H groups in total. The molecule has 0 atom stereocenters. The Labute approximate surface area is 107 Å². The Morgan fingerprint density at radius 3 is 2.39 bits per heavy atom. The molecule has 0 fully saturated rings. The smallest absolute Gasteiger partial charge is 0.316 e. The first-order chi connectivity index (χ1) is 8.67. The van der Waals surface area contributed by atoms with Crippen molar-refractivity contribution in [3.63, 3.8) is 0 Å². The second-order valence-corrected chi connectivity index (χ2v) is 3.33. The summed E-state index contributed by atoms with van der Waals surface area (Å²) in [5.74, 6) is 0. The highest BCUT2D eigenvalue weighted by molar-refractivity contribution is 5.49. The fraction of sp³-hybridized carbons (Fsp3) is 0.583. The van der Waals surface area contributed by atoms with Crippen molar-refractivity contribution in [2.45, 2.75) is 26.1 Å². The van der Waals surface area contributed by atoms with Gasteiger partial charge in [-0.3, -0.25) is 0 Å². The van der Waals surface area contributed by atoms with Crippen LogP contribution in [0.2, 0.25) is 0 Å². The highest BCUT2D eigenvalue weighted by Gasteiger charge is 2.01. The van der Waals surface area contributed by atoms with Crippen LogP contribution in [0.1, 0.15) is 18.5 Å². The average Bonchev–Trinajstić information content (AvgIpc) is 2.41. The molecule has 0 saturated carbocycles. The van der Waals surface area contributed by atoms with Gasteiger partial charge < -0.3 is 19.0 Å². The summed E-state index contributed by atoms with van der Waals surface area (Å²) in [6.45, 7) is 1.89. The molecule has 0 aromatic carbocycles. The molecule has 1 aromatic heterocycles. The summed E-state index contributed by atoms with van der Waals surface area (Å²) in [6.07, 6.45) is 3.42. The van der Waals surface area contributed by atoms with Gasteiger partial charge in [0.1, 0.15) is 6.29 Å². The molecule has 0 unspecified atom stereocenters. The standard InChI is InChI=1S/C6H8N2O.C6H12O3/c1-5-3-4-7-6(8-5)9-2;1-8-6(9-2)4-3-5-7/h3-4H,1-2H3;5-6H,3-4H2,1-2H3. The largest absolute Gasteiger partial charge is 0.467 e. The summed E-state index contributed by atoms with van der Waals surface area (Å²) in [4.78, 5) is 17.6. The van der Waals surface area contributed by atoms with Crippen LogP contribution in [-0.4, -0.2) is 43.9 Å². The van der Waals surface area contributed by atoms with Gasteiger partial charge in [0, 0.05) is 39.0 Å². The number of nitrogens with zero attached hydrogens (tertiary/aromatic N) is 2. The Kier molecular flexibility index (Phi) is 9.71. The van der Waals surface area contributed by atoms with Crippen molar-refractivity contribution in [2.75, 3.05) is 21.3 Å². The average molecular weight is 256 g/mol. The summed E-state index contributed by atoms with van der Waals surface area (Å²) in [5.41, 5.74) is 0.918. The van der Waals surface area contributed by atoms with E-state index in [4.69, 9.17) is 14.2 Å². The number of aldehydes is 1. The molecule has 18 heavy (non-hydrogen) atoms. The molecule has 6 heteroatoms. The van der Waals surface area contributed by atoms with Gasteiger partial charge in [-0.1, -0.05) is 0 Å². The second-order valence-electron chi connectivity index (χ2n) is 3.33.